The first-order valence-corrected chi connectivity index (χ1v) is 9.32. The van der Waals surface area contributed by atoms with Gasteiger partial charge >= 0.3 is 29.8 Å². The first-order chi connectivity index (χ1) is 15.9. The van der Waals surface area contributed by atoms with Crippen molar-refractivity contribution < 1.29 is 69.2 Å². The van der Waals surface area contributed by atoms with E-state index < -0.39 is 102 Å². The number of carbonyl (C=O) groups is 5. The van der Waals surface area contributed by atoms with Gasteiger partial charge in [-0.05, 0) is 0 Å². The van der Waals surface area contributed by atoms with Crippen molar-refractivity contribution in [1.29, 1.82) is 0 Å². The van der Waals surface area contributed by atoms with Crippen LogP contribution in [0.25, 0.3) is 5.52 Å². The number of rotatable bonds is 11. The molecule has 0 fully saturated rings. The average Bonchev–Trinajstić information content (AvgIpc) is 3.07. The Kier molecular flexibility index (Phi) is 8.26. The van der Waals surface area contributed by atoms with E-state index in [0.717, 1.165) is 6.07 Å². The summed E-state index contributed by atoms with van der Waals surface area (Å²) in [5.41, 5.74) is -3.68. The molecule has 0 bridgehead atoms. The van der Waals surface area contributed by atoms with Crippen molar-refractivity contribution in [2.24, 2.45) is 0 Å². The average molecular weight is 485 g/mol. The molecule has 0 aliphatic heterocycles. The molecule has 0 aliphatic carbocycles. The molecule has 0 amide bonds. The molecule has 7 N–H and O–H groups in total. The smallest absolute Gasteiger partial charge is 0.338 e. The predicted octanol–water partition coefficient (Wildman–Crippen LogP) is -1.67. The molecule has 2 atom stereocenters. The molecular formula is C19H19NO14. The number of aromatic carboxylic acids is 3. The molecule has 2 aromatic rings. The second kappa shape index (κ2) is 10.7. The quantitative estimate of drug-likeness (QED) is 0.176. The van der Waals surface area contributed by atoms with Gasteiger partial charge in [0.2, 0.25) is 0 Å². The van der Waals surface area contributed by atoms with Crippen molar-refractivity contribution in [3.05, 3.63) is 29.0 Å². The van der Waals surface area contributed by atoms with Gasteiger partial charge in [-0.3, -0.25) is 14.0 Å². The number of carboxylic acids is 3. The lowest BCUT2D eigenvalue weighted by Gasteiger charge is -2.12. The van der Waals surface area contributed by atoms with Crippen LogP contribution in [0.5, 0.6) is 11.6 Å². The summed E-state index contributed by atoms with van der Waals surface area (Å²) in [5.74, 6) is -9.42. The van der Waals surface area contributed by atoms with Crippen molar-refractivity contribution in [3.63, 3.8) is 0 Å². The van der Waals surface area contributed by atoms with Crippen LogP contribution in [0, 0.1) is 0 Å². The lowest BCUT2D eigenvalue weighted by atomic mass is 10.0. The maximum absolute atomic E-state index is 12.2. The molecule has 0 spiro atoms. The van der Waals surface area contributed by atoms with E-state index in [1.54, 1.807) is 0 Å². The standard InChI is InChI=1S/C19H19NO14/c21-5-7(23)1-12(25)33-11-3-10-15(19(31)32)14(18(29)30)9(17(27)28)4-20(10)16(11)34-13(26)2-8(24)6-22/h3-4,7-8,21-24H,1-2,5-6H2,(H,27,28)(H,29,30)(H,31,32). The van der Waals surface area contributed by atoms with Crippen LogP contribution in [-0.4, -0.2) is 95.4 Å². The molecule has 0 saturated heterocycles. The van der Waals surface area contributed by atoms with Gasteiger partial charge in [-0.2, -0.15) is 0 Å². The molecule has 2 unspecified atom stereocenters. The van der Waals surface area contributed by atoms with E-state index in [9.17, 15) is 49.5 Å². The Hall–Kier alpha value is -4.05. The Morgan fingerprint density at radius 1 is 0.794 bits per heavy atom. The molecule has 0 aliphatic rings. The molecule has 2 rings (SSSR count). The maximum Gasteiger partial charge on any atom is 0.338 e. The maximum atomic E-state index is 12.2. The lowest BCUT2D eigenvalue weighted by molar-refractivity contribution is -0.140. The third-order valence-electron chi connectivity index (χ3n) is 4.31. The third-order valence-corrected chi connectivity index (χ3v) is 4.31. The monoisotopic (exact) mass is 485 g/mol. The number of carbonyl (C=O) groups excluding carboxylic acids is 2. The number of carboxylic acid groups (broad SMARTS) is 3. The summed E-state index contributed by atoms with van der Waals surface area (Å²) in [6.45, 7) is -1.62. The van der Waals surface area contributed by atoms with Gasteiger partial charge in [0.05, 0.1) is 60.5 Å². The van der Waals surface area contributed by atoms with Gasteiger partial charge in [0, 0.05) is 12.3 Å². The van der Waals surface area contributed by atoms with Crippen molar-refractivity contribution >= 4 is 35.4 Å². The number of aliphatic hydroxyl groups excluding tert-OH is 4. The number of hydrogen-bond acceptors (Lipinski definition) is 11. The molecule has 2 heterocycles. The Morgan fingerprint density at radius 3 is 1.74 bits per heavy atom. The fourth-order valence-electron chi connectivity index (χ4n) is 2.86. The van der Waals surface area contributed by atoms with E-state index in [2.05, 4.69) is 0 Å². The van der Waals surface area contributed by atoms with Crippen LogP contribution >= 0.6 is 0 Å². The van der Waals surface area contributed by atoms with Crippen LogP contribution in [0.1, 0.15) is 43.9 Å². The summed E-state index contributed by atoms with van der Waals surface area (Å²) in [5, 5.41) is 65.0. The first kappa shape index (κ1) is 26.2. The number of fused-ring (bicyclic) bond motifs is 1. The molecule has 0 saturated carbocycles. The Labute approximate surface area is 188 Å². The zero-order valence-corrected chi connectivity index (χ0v) is 17.1. The van der Waals surface area contributed by atoms with Crippen molar-refractivity contribution in [2.75, 3.05) is 13.2 Å². The number of esters is 2. The molecule has 0 radical (unpaired) electrons. The molecule has 2 aromatic heterocycles. The summed E-state index contributed by atoms with van der Waals surface area (Å²) in [7, 11) is 0. The largest absolute Gasteiger partial charge is 0.478 e. The minimum absolute atomic E-state index is 0.536. The zero-order valence-electron chi connectivity index (χ0n) is 17.1. The van der Waals surface area contributed by atoms with Crippen molar-refractivity contribution in [1.82, 2.24) is 4.40 Å². The first-order valence-electron chi connectivity index (χ1n) is 9.32. The van der Waals surface area contributed by atoms with Crippen molar-refractivity contribution in [2.45, 2.75) is 25.0 Å². The second-order valence-electron chi connectivity index (χ2n) is 6.81. The number of hydrogen-bond donors (Lipinski definition) is 7. The molecule has 0 aromatic carbocycles. The van der Waals surface area contributed by atoms with Gasteiger partial charge in [0.25, 0.3) is 5.88 Å². The van der Waals surface area contributed by atoms with E-state index in [1.165, 1.54) is 0 Å². The summed E-state index contributed by atoms with van der Waals surface area (Å²) >= 11 is 0. The van der Waals surface area contributed by atoms with E-state index >= 15 is 0 Å². The van der Waals surface area contributed by atoms with Gasteiger partial charge in [-0.15, -0.1) is 0 Å². The van der Waals surface area contributed by atoms with E-state index in [0.29, 0.717) is 10.6 Å². The molecular weight excluding hydrogens is 466 g/mol. The van der Waals surface area contributed by atoms with Gasteiger partial charge in [0.15, 0.2) is 5.75 Å². The highest BCUT2D eigenvalue weighted by Crippen LogP contribution is 2.36. The Balaban J connectivity index is 2.79. The third kappa shape index (κ3) is 5.65. The van der Waals surface area contributed by atoms with Crippen molar-refractivity contribution in [3.8, 4) is 11.6 Å². The van der Waals surface area contributed by atoms with Crippen LogP contribution in [-0.2, 0) is 9.59 Å². The van der Waals surface area contributed by atoms with Gasteiger partial charge in [-0.25, -0.2) is 14.4 Å². The Morgan fingerprint density at radius 2 is 1.29 bits per heavy atom. The van der Waals surface area contributed by atoms with E-state index in [4.69, 9.17) is 19.7 Å². The number of pyridine rings is 1. The molecule has 34 heavy (non-hydrogen) atoms. The van der Waals surface area contributed by atoms with Crippen LogP contribution in [0.4, 0.5) is 0 Å². The summed E-state index contributed by atoms with van der Waals surface area (Å²) in [6.07, 6.45) is -3.97. The minimum atomic E-state index is -1.90. The highest BCUT2D eigenvalue weighted by atomic mass is 16.6. The van der Waals surface area contributed by atoms with Crippen LogP contribution in [0.2, 0.25) is 0 Å². The number of ether oxygens (including phenoxy) is 2. The number of nitrogens with zero attached hydrogens (tertiary/aromatic N) is 1. The topological polar surface area (TPSA) is 250 Å². The highest BCUT2D eigenvalue weighted by molar-refractivity contribution is 6.12. The van der Waals surface area contributed by atoms with Gasteiger partial charge in [-0.1, -0.05) is 0 Å². The molecule has 15 heteroatoms. The summed E-state index contributed by atoms with van der Waals surface area (Å²) in [4.78, 5) is 59.3. The fraction of sp³-hybridized carbons (Fsp3) is 0.316. The van der Waals surface area contributed by atoms with Gasteiger partial charge < -0.3 is 45.2 Å². The number of aromatic nitrogens is 1. The lowest BCUT2D eigenvalue weighted by Crippen LogP contribution is -2.23. The molecule has 184 valence electrons. The van der Waals surface area contributed by atoms with E-state index in [-0.39, 0.29) is 0 Å². The minimum Gasteiger partial charge on any atom is -0.478 e. The molecule has 15 nitrogen and oxygen atoms in total. The highest BCUT2D eigenvalue weighted by Gasteiger charge is 2.31. The fourth-order valence-corrected chi connectivity index (χ4v) is 2.86. The van der Waals surface area contributed by atoms with Gasteiger partial charge in [0.1, 0.15) is 0 Å². The predicted molar refractivity (Wildman–Crippen MR) is 105 cm³/mol. The summed E-state index contributed by atoms with van der Waals surface area (Å²) < 4.78 is 10.6. The second-order valence-corrected chi connectivity index (χ2v) is 6.81. The van der Waals surface area contributed by atoms with Crippen LogP contribution in [0.15, 0.2) is 12.3 Å². The SMILES string of the molecule is O=C(CC(O)CO)Oc1cc2c(C(=O)O)c(C(=O)O)c(C(=O)O)cn2c1OC(=O)CC(O)CO. The Bertz CT molecular complexity index is 1150. The van der Waals surface area contributed by atoms with E-state index in [1.807, 2.05) is 0 Å². The van der Waals surface area contributed by atoms with Crippen LogP contribution < -0.4 is 9.47 Å². The number of aliphatic hydroxyl groups is 4. The normalized spacial score (nSPS) is 12.7. The van der Waals surface area contributed by atoms with Crippen LogP contribution in [0.3, 0.4) is 0 Å². The summed E-state index contributed by atoms with van der Waals surface area (Å²) in [6, 6.07) is 0.788. The zero-order chi connectivity index (χ0) is 25.7.